The Labute approximate surface area is 142 Å². The van der Waals surface area contributed by atoms with Crippen LogP contribution in [0.15, 0.2) is 40.0 Å². The third-order valence-corrected chi connectivity index (χ3v) is 3.77. The monoisotopic (exact) mass is 397 g/mol. The van der Waals surface area contributed by atoms with Crippen LogP contribution in [0.3, 0.4) is 0 Å². The van der Waals surface area contributed by atoms with Gasteiger partial charge in [0, 0.05) is 4.47 Å². The maximum absolute atomic E-state index is 12.1. The lowest BCUT2D eigenvalue weighted by Gasteiger charge is -2.10. The van der Waals surface area contributed by atoms with Crippen LogP contribution in [0.2, 0.25) is 5.02 Å². The van der Waals surface area contributed by atoms with Gasteiger partial charge in [-0.25, -0.2) is 9.20 Å². The molecule has 0 aliphatic rings. The highest BCUT2D eigenvalue weighted by Crippen LogP contribution is 2.34. The van der Waals surface area contributed by atoms with Crippen molar-refractivity contribution in [1.29, 1.82) is 0 Å². The number of halogens is 2. The Morgan fingerprint density at radius 3 is 2.91 bits per heavy atom. The zero-order valence-electron chi connectivity index (χ0n) is 11.4. The van der Waals surface area contributed by atoms with E-state index in [-0.39, 0.29) is 23.0 Å². The van der Waals surface area contributed by atoms with Crippen molar-refractivity contribution >= 4 is 44.6 Å². The number of anilines is 1. The lowest BCUT2D eigenvalue weighted by atomic mass is 10.3. The smallest absolute Gasteiger partial charge is 0.293 e. The number of carbonyl (C=O) groups is 1. The summed E-state index contributed by atoms with van der Waals surface area (Å²) in [6.45, 7) is -0.327. The molecule has 23 heavy (non-hydrogen) atoms. The standard InChI is InChI=1S/C13H9BrClN5O3/c14-7-3-8(15)12(10(21)4-7)18-11(22)5-19-13(23)9-1-2-16-20(9)6-17-19/h1-4,6,21H,5H2,(H,18,22). The lowest BCUT2D eigenvalue weighted by molar-refractivity contribution is -0.117. The van der Waals surface area contributed by atoms with E-state index in [1.807, 2.05) is 0 Å². The van der Waals surface area contributed by atoms with Crippen LogP contribution in [0.5, 0.6) is 5.75 Å². The van der Waals surface area contributed by atoms with Crippen molar-refractivity contribution in [2.45, 2.75) is 6.54 Å². The molecule has 0 saturated heterocycles. The average molecular weight is 399 g/mol. The number of fused-ring (bicyclic) bond motifs is 1. The number of hydrogen-bond donors (Lipinski definition) is 2. The fourth-order valence-corrected chi connectivity index (χ4v) is 2.82. The molecule has 8 nitrogen and oxygen atoms in total. The predicted molar refractivity (Wildman–Crippen MR) is 86.7 cm³/mol. The maximum atomic E-state index is 12.1. The van der Waals surface area contributed by atoms with Crippen molar-refractivity contribution in [1.82, 2.24) is 19.4 Å². The predicted octanol–water partition coefficient (Wildman–Crippen LogP) is 1.65. The molecule has 0 fully saturated rings. The number of phenolic OH excluding ortho intramolecular Hbond substituents is 1. The molecule has 3 rings (SSSR count). The molecule has 1 aromatic carbocycles. The summed E-state index contributed by atoms with van der Waals surface area (Å²) in [5, 5.41) is 20.2. The summed E-state index contributed by atoms with van der Waals surface area (Å²) in [5.41, 5.74) is -0.0815. The number of amides is 1. The number of carbonyl (C=O) groups excluding carboxylic acids is 1. The number of phenols is 1. The third-order valence-electron chi connectivity index (χ3n) is 3.02. The van der Waals surface area contributed by atoms with Gasteiger partial charge >= 0.3 is 0 Å². The zero-order chi connectivity index (χ0) is 16.6. The van der Waals surface area contributed by atoms with Crippen LogP contribution < -0.4 is 10.9 Å². The highest BCUT2D eigenvalue weighted by Gasteiger charge is 2.14. The summed E-state index contributed by atoms with van der Waals surface area (Å²) >= 11 is 9.15. The van der Waals surface area contributed by atoms with Crippen molar-refractivity contribution in [2.24, 2.45) is 0 Å². The SMILES string of the molecule is O=C(Cn1ncn2nccc2c1=O)Nc1c(O)cc(Br)cc1Cl. The zero-order valence-corrected chi connectivity index (χ0v) is 13.7. The molecular weight excluding hydrogens is 390 g/mol. The maximum Gasteiger partial charge on any atom is 0.293 e. The average Bonchev–Trinajstić information content (AvgIpc) is 2.95. The van der Waals surface area contributed by atoms with E-state index in [1.165, 1.54) is 35.2 Å². The molecule has 1 amide bonds. The highest BCUT2D eigenvalue weighted by molar-refractivity contribution is 9.10. The molecule has 0 bridgehead atoms. The van der Waals surface area contributed by atoms with Gasteiger partial charge in [0.2, 0.25) is 5.91 Å². The summed E-state index contributed by atoms with van der Waals surface area (Å²) in [4.78, 5) is 24.2. The molecule has 2 aromatic heterocycles. The molecule has 0 aliphatic heterocycles. The third kappa shape index (κ3) is 3.06. The topological polar surface area (TPSA) is 102 Å². The molecule has 0 unspecified atom stereocenters. The second-order valence-electron chi connectivity index (χ2n) is 4.58. The first-order valence-corrected chi connectivity index (χ1v) is 7.50. The van der Waals surface area contributed by atoms with E-state index in [4.69, 9.17) is 11.6 Å². The van der Waals surface area contributed by atoms with Gasteiger partial charge in [0.05, 0.1) is 11.2 Å². The number of aromatic nitrogens is 4. The van der Waals surface area contributed by atoms with Crippen LogP contribution in [0.4, 0.5) is 5.69 Å². The first kappa shape index (κ1) is 15.5. The molecular formula is C13H9BrClN5O3. The van der Waals surface area contributed by atoms with E-state index in [0.29, 0.717) is 9.99 Å². The van der Waals surface area contributed by atoms with Crippen molar-refractivity contribution in [2.75, 3.05) is 5.32 Å². The van der Waals surface area contributed by atoms with Gasteiger partial charge in [0.15, 0.2) is 0 Å². The Hall–Kier alpha value is -2.39. The number of aromatic hydroxyl groups is 1. The minimum absolute atomic E-state index is 0.0679. The molecule has 10 heteroatoms. The largest absolute Gasteiger partial charge is 0.506 e. The van der Waals surface area contributed by atoms with Gasteiger partial charge in [0.25, 0.3) is 5.56 Å². The van der Waals surface area contributed by atoms with Gasteiger partial charge in [-0.3, -0.25) is 9.59 Å². The van der Waals surface area contributed by atoms with Gasteiger partial charge < -0.3 is 10.4 Å². The molecule has 0 atom stereocenters. The minimum atomic E-state index is -0.553. The molecule has 0 saturated carbocycles. The molecule has 0 aliphatic carbocycles. The van der Waals surface area contributed by atoms with Gasteiger partial charge in [-0.15, -0.1) is 0 Å². The summed E-state index contributed by atoms with van der Waals surface area (Å²) in [6, 6.07) is 4.44. The number of benzene rings is 1. The van der Waals surface area contributed by atoms with Gasteiger partial charge in [-0.1, -0.05) is 27.5 Å². The second kappa shape index (κ2) is 6.01. The Kier molecular flexibility index (Phi) is 4.05. The highest BCUT2D eigenvalue weighted by atomic mass is 79.9. The summed E-state index contributed by atoms with van der Waals surface area (Å²) in [6.07, 6.45) is 2.79. The number of nitrogens with zero attached hydrogens (tertiary/aromatic N) is 4. The summed E-state index contributed by atoms with van der Waals surface area (Å²) in [5.74, 6) is -0.743. The van der Waals surface area contributed by atoms with Crippen molar-refractivity contribution in [3.8, 4) is 5.75 Å². The van der Waals surface area contributed by atoms with Crippen molar-refractivity contribution < 1.29 is 9.90 Å². The van der Waals surface area contributed by atoms with Crippen LogP contribution in [0.1, 0.15) is 0 Å². The number of nitrogens with one attached hydrogen (secondary N) is 1. The van der Waals surface area contributed by atoms with E-state index >= 15 is 0 Å². The molecule has 3 aromatic rings. The summed E-state index contributed by atoms with van der Waals surface area (Å²) < 4.78 is 2.88. The first-order chi connectivity index (χ1) is 11.0. The van der Waals surface area contributed by atoms with Gasteiger partial charge in [0.1, 0.15) is 29.8 Å². The minimum Gasteiger partial charge on any atom is -0.506 e. The quantitative estimate of drug-likeness (QED) is 0.653. The Balaban J connectivity index is 1.84. The van der Waals surface area contributed by atoms with E-state index in [0.717, 1.165) is 4.68 Å². The Bertz CT molecular complexity index is 945. The van der Waals surface area contributed by atoms with Crippen LogP contribution in [0.25, 0.3) is 5.52 Å². The van der Waals surface area contributed by atoms with Crippen molar-refractivity contribution in [3.63, 3.8) is 0 Å². The van der Waals surface area contributed by atoms with Gasteiger partial charge in [-0.05, 0) is 18.2 Å². The summed E-state index contributed by atoms with van der Waals surface area (Å²) in [7, 11) is 0. The lowest BCUT2D eigenvalue weighted by Crippen LogP contribution is -2.30. The molecule has 0 radical (unpaired) electrons. The Morgan fingerprint density at radius 1 is 1.39 bits per heavy atom. The first-order valence-electron chi connectivity index (χ1n) is 6.33. The van der Waals surface area contributed by atoms with Crippen LogP contribution in [-0.4, -0.2) is 30.4 Å². The second-order valence-corrected chi connectivity index (χ2v) is 5.91. The fourth-order valence-electron chi connectivity index (χ4n) is 1.98. The fraction of sp³-hybridized carbons (Fsp3) is 0.0769. The molecule has 0 spiro atoms. The molecule has 2 N–H and O–H groups in total. The van der Waals surface area contributed by atoms with Crippen LogP contribution >= 0.6 is 27.5 Å². The number of rotatable bonds is 3. The molecule has 2 heterocycles. The molecule has 118 valence electrons. The van der Waals surface area contributed by atoms with Gasteiger partial charge in [-0.2, -0.15) is 10.2 Å². The van der Waals surface area contributed by atoms with E-state index in [2.05, 4.69) is 31.4 Å². The van der Waals surface area contributed by atoms with E-state index in [9.17, 15) is 14.7 Å². The van der Waals surface area contributed by atoms with Crippen LogP contribution in [0, 0.1) is 0 Å². The van der Waals surface area contributed by atoms with E-state index < -0.39 is 11.5 Å². The normalized spacial score (nSPS) is 10.9. The van der Waals surface area contributed by atoms with E-state index in [1.54, 1.807) is 0 Å². The van der Waals surface area contributed by atoms with Crippen molar-refractivity contribution in [3.05, 3.63) is 50.6 Å². The Morgan fingerprint density at radius 2 is 2.17 bits per heavy atom. The van der Waals surface area contributed by atoms with Crippen LogP contribution in [-0.2, 0) is 11.3 Å². The number of hydrogen-bond acceptors (Lipinski definition) is 5.